The summed E-state index contributed by atoms with van der Waals surface area (Å²) in [6.07, 6.45) is -1.82. The monoisotopic (exact) mass is 551 g/mol. The largest absolute Gasteiger partial charge is 0.481 e. The van der Waals surface area contributed by atoms with Crippen molar-refractivity contribution in [3.8, 4) is 0 Å². The number of carbonyl (C=O) groups is 5. The molecule has 0 fully saturated rings. The van der Waals surface area contributed by atoms with Gasteiger partial charge in [0.05, 0.1) is 6.10 Å². The average molecular weight is 552 g/mol. The molecule has 0 aliphatic heterocycles. The van der Waals surface area contributed by atoms with Crippen molar-refractivity contribution in [2.75, 3.05) is 6.54 Å². The lowest BCUT2D eigenvalue weighted by atomic mass is 10.0. The molecular formula is C24H37N7O8. The summed E-state index contributed by atoms with van der Waals surface area (Å²) in [6, 6.07) is 3.24. The molecule has 15 heteroatoms. The van der Waals surface area contributed by atoms with Crippen LogP contribution in [0.1, 0.15) is 38.2 Å². The van der Waals surface area contributed by atoms with E-state index < -0.39 is 66.4 Å². The lowest BCUT2D eigenvalue weighted by Gasteiger charge is -2.25. The highest BCUT2D eigenvalue weighted by atomic mass is 16.4. The first-order valence-electron chi connectivity index (χ1n) is 12.2. The van der Waals surface area contributed by atoms with Crippen LogP contribution in [-0.4, -0.2) is 87.8 Å². The molecule has 12 N–H and O–H groups in total. The maximum Gasteiger partial charge on any atom is 0.326 e. The van der Waals surface area contributed by atoms with Crippen LogP contribution in [0.2, 0.25) is 0 Å². The van der Waals surface area contributed by atoms with E-state index in [9.17, 15) is 34.2 Å². The van der Waals surface area contributed by atoms with Gasteiger partial charge in [-0.2, -0.15) is 0 Å². The third-order valence-electron chi connectivity index (χ3n) is 5.58. The zero-order chi connectivity index (χ0) is 29.5. The summed E-state index contributed by atoms with van der Waals surface area (Å²) in [5, 5.41) is 35.2. The van der Waals surface area contributed by atoms with Crippen LogP contribution in [0.15, 0.2) is 35.3 Å². The number of aliphatic hydroxyl groups excluding tert-OH is 1. The van der Waals surface area contributed by atoms with Crippen molar-refractivity contribution in [1.29, 1.82) is 0 Å². The smallest absolute Gasteiger partial charge is 0.326 e. The molecule has 3 amide bonds. The van der Waals surface area contributed by atoms with Crippen molar-refractivity contribution in [3.63, 3.8) is 0 Å². The summed E-state index contributed by atoms with van der Waals surface area (Å²) < 4.78 is 0. The molecule has 1 aromatic carbocycles. The molecule has 0 aliphatic rings. The van der Waals surface area contributed by atoms with Crippen LogP contribution < -0.4 is 33.2 Å². The maximum absolute atomic E-state index is 13.3. The van der Waals surface area contributed by atoms with Crippen LogP contribution in [0.25, 0.3) is 0 Å². The summed E-state index contributed by atoms with van der Waals surface area (Å²) in [5.41, 5.74) is 16.9. The fourth-order valence-electron chi connectivity index (χ4n) is 3.39. The molecule has 5 unspecified atom stereocenters. The molecular weight excluding hydrogens is 514 g/mol. The van der Waals surface area contributed by atoms with Crippen LogP contribution in [0, 0.1) is 0 Å². The number of benzene rings is 1. The number of nitrogens with zero attached hydrogens (tertiary/aromatic N) is 1. The van der Waals surface area contributed by atoms with Crippen LogP contribution in [-0.2, 0) is 30.4 Å². The molecule has 0 saturated carbocycles. The second-order valence-electron chi connectivity index (χ2n) is 8.86. The van der Waals surface area contributed by atoms with Crippen molar-refractivity contribution < 1.29 is 39.3 Å². The van der Waals surface area contributed by atoms with Gasteiger partial charge in [0.15, 0.2) is 5.96 Å². The predicted octanol–water partition coefficient (Wildman–Crippen LogP) is -2.61. The summed E-state index contributed by atoms with van der Waals surface area (Å²) in [4.78, 5) is 65.1. The Morgan fingerprint density at radius 2 is 1.44 bits per heavy atom. The third kappa shape index (κ3) is 12.7. The zero-order valence-electron chi connectivity index (χ0n) is 21.6. The summed E-state index contributed by atoms with van der Waals surface area (Å²) in [7, 11) is 0. The maximum atomic E-state index is 13.3. The number of carboxylic acids is 2. The fraction of sp³-hybridized carbons (Fsp3) is 0.500. The van der Waals surface area contributed by atoms with E-state index in [1.807, 2.05) is 0 Å². The van der Waals surface area contributed by atoms with E-state index in [4.69, 9.17) is 22.3 Å². The minimum Gasteiger partial charge on any atom is -0.481 e. The third-order valence-corrected chi connectivity index (χ3v) is 5.58. The number of nitrogens with two attached hydrogens (primary N) is 3. The summed E-state index contributed by atoms with van der Waals surface area (Å²) in [5.74, 6) is -5.29. The van der Waals surface area contributed by atoms with Gasteiger partial charge in [-0.25, -0.2) is 4.79 Å². The van der Waals surface area contributed by atoms with Crippen molar-refractivity contribution >= 4 is 35.6 Å². The molecule has 15 nitrogen and oxygen atoms in total. The Labute approximate surface area is 225 Å². The van der Waals surface area contributed by atoms with Gasteiger partial charge in [0.1, 0.15) is 24.2 Å². The van der Waals surface area contributed by atoms with Crippen molar-refractivity contribution in [2.45, 2.75) is 69.3 Å². The Morgan fingerprint density at radius 3 is 1.97 bits per heavy atom. The van der Waals surface area contributed by atoms with E-state index in [0.29, 0.717) is 5.56 Å². The zero-order valence-corrected chi connectivity index (χ0v) is 21.6. The Morgan fingerprint density at radius 1 is 0.872 bits per heavy atom. The number of amides is 3. The highest BCUT2D eigenvalue weighted by Gasteiger charge is 2.31. The number of hydrogen-bond donors (Lipinski definition) is 9. The minimum atomic E-state index is -1.51. The van der Waals surface area contributed by atoms with Gasteiger partial charge >= 0.3 is 11.9 Å². The topological polar surface area (TPSA) is 273 Å². The number of aliphatic carboxylic acids is 2. The first-order valence-corrected chi connectivity index (χ1v) is 12.2. The van der Waals surface area contributed by atoms with E-state index in [2.05, 4.69) is 20.9 Å². The van der Waals surface area contributed by atoms with E-state index >= 15 is 0 Å². The second-order valence-corrected chi connectivity index (χ2v) is 8.86. The minimum absolute atomic E-state index is 0.0362. The number of aliphatic hydroxyl groups is 1. The predicted molar refractivity (Wildman–Crippen MR) is 140 cm³/mol. The standard InChI is InChI=1S/C24H37N7O8/c1-13(32)19(25)22(37)29-15(8-5-11-28-24(26)27)20(35)31-17(12-14-6-3-2-4-7-14)21(36)30-16(23(38)39)9-10-18(33)34/h2-4,6-7,13,15-17,19,32H,5,8-12,25H2,1H3,(H,29,37)(H,30,36)(H,31,35)(H,33,34)(H,38,39)(H4,26,27,28). The summed E-state index contributed by atoms with van der Waals surface area (Å²) >= 11 is 0. The molecule has 1 aromatic rings. The molecule has 0 aliphatic carbocycles. The molecule has 0 saturated heterocycles. The lowest BCUT2D eigenvalue weighted by Crippen LogP contribution is -2.58. The molecule has 39 heavy (non-hydrogen) atoms. The Bertz CT molecular complexity index is 1010. The van der Waals surface area contributed by atoms with Gasteiger partial charge in [-0.3, -0.25) is 24.2 Å². The van der Waals surface area contributed by atoms with Gasteiger partial charge in [-0.15, -0.1) is 0 Å². The SMILES string of the molecule is CC(O)C(N)C(=O)NC(CCCN=C(N)N)C(=O)NC(Cc1ccccc1)C(=O)NC(CCC(=O)O)C(=O)O. The van der Waals surface area contributed by atoms with Gasteiger partial charge in [-0.1, -0.05) is 30.3 Å². The number of guanidine groups is 1. The number of aliphatic imine (C=N–C) groups is 1. The highest BCUT2D eigenvalue weighted by Crippen LogP contribution is 2.08. The molecule has 0 radical (unpaired) electrons. The molecule has 0 heterocycles. The molecule has 0 spiro atoms. The second kappa shape index (κ2) is 16.6. The molecule has 0 aromatic heterocycles. The number of carboxylic acid groups (broad SMARTS) is 2. The van der Waals surface area contributed by atoms with E-state index in [1.54, 1.807) is 30.3 Å². The molecule has 5 atom stereocenters. The van der Waals surface area contributed by atoms with E-state index in [-0.39, 0.29) is 38.2 Å². The normalized spacial score (nSPS) is 14.5. The van der Waals surface area contributed by atoms with Gasteiger partial charge in [-0.05, 0) is 31.7 Å². The Hall–Kier alpha value is -4.24. The number of hydrogen-bond acceptors (Lipinski definition) is 8. The van der Waals surface area contributed by atoms with Crippen molar-refractivity contribution in [3.05, 3.63) is 35.9 Å². The number of carbonyl (C=O) groups excluding carboxylic acids is 3. The first kappa shape index (κ1) is 32.8. The van der Waals surface area contributed by atoms with Crippen molar-refractivity contribution in [2.24, 2.45) is 22.2 Å². The lowest BCUT2D eigenvalue weighted by molar-refractivity contribution is -0.143. The highest BCUT2D eigenvalue weighted by molar-refractivity contribution is 5.94. The molecule has 1 rings (SSSR count). The number of nitrogens with one attached hydrogen (secondary N) is 3. The Balaban J connectivity index is 3.16. The van der Waals surface area contributed by atoms with Crippen LogP contribution >= 0.6 is 0 Å². The van der Waals surface area contributed by atoms with Crippen LogP contribution in [0.3, 0.4) is 0 Å². The van der Waals surface area contributed by atoms with E-state index in [1.165, 1.54) is 6.92 Å². The molecule has 0 bridgehead atoms. The van der Waals surface area contributed by atoms with E-state index in [0.717, 1.165) is 0 Å². The van der Waals surface area contributed by atoms with Crippen LogP contribution in [0.5, 0.6) is 0 Å². The average Bonchev–Trinajstić information content (AvgIpc) is 2.87. The van der Waals surface area contributed by atoms with Crippen molar-refractivity contribution in [1.82, 2.24) is 16.0 Å². The molecule has 216 valence electrons. The quantitative estimate of drug-likeness (QED) is 0.0549. The van der Waals surface area contributed by atoms with Crippen LogP contribution in [0.4, 0.5) is 0 Å². The van der Waals surface area contributed by atoms with Gasteiger partial charge in [0.2, 0.25) is 17.7 Å². The van der Waals surface area contributed by atoms with Gasteiger partial charge < -0.3 is 48.5 Å². The summed E-state index contributed by atoms with van der Waals surface area (Å²) in [6.45, 7) is 1.45. The van der Waals surface area contributed by atoms with Gasteiger partial charge in [0, 0.05) is 19.4 Å². The van der Waals surface area contributed by atoms with Gasteiger partial charge in [0.25, 0.3) is 0 Å². The Kier molecular flexibility index (Phi) is 13.9. The fourth-order valence-corrected chi connectivity index (χ4v) is 3.39. The number of rotatable bonds is 17. The first-order chi connectivity index (χ1) is 18.3.